The number of hydrogen-bond acceptors (Lipinski definition) is 6. The number of thiazole rings is 1. The first-order valence-electron chi connectivity index (χ1n) is 7.04. The molecule has 6 nitrogen and oxygen atoms in total. The van der Waals surface area contributed by atoms with Gasteiger partial charge in [-0.25, -0.2) is 18.1 Å². The van der Waals surface area contributed by atoms with Gasteiger partial charge >= 0.3 is 0 Å². The van der Waals surface area contributed by atoms with Gasteiger partial charge in [0.1, 0.15) is 0 Å². The molecule has 0 aliphatic carbocycles. The Kier molecular flexibility index (Phi) is 5.90. The van der Waals surface area contributed by atoms with Crippen LogP contribution in [0.2, 0.25) is 0 Å². The molecule has 0 fully saturated rings. The summed E-state index contributed by atoms with van der Waals surface area (Å²) in [5.41, 5.74) is 0.962. The molecule has 0 aliphatic heterocycles. The topological polar surface area (TPSA) is 88.2 Å². The van der Waals surface area contributed by atoms with Crippen LogP contribution in [-0.4, -0.2) is 32.1 Å². The lowest BCUT2D eigenvalue weighted by atomic mass is 10.2. The fourth-order valence-electron chi connectivity index (χ4n) is 1.76. The van der Waals surface area contributed by atoms with Gasteiger partial charge in [0.25, 0.3) is 5.91 Å². The van der Waals surface area contributed by atoms with Crippen LogP contribution in [0.15, 0.2) is 17.5 Å². The maximum absolute atomic E-state index is 12.2. The van der Waals surface area contributed by atoms with Gasteiger partial charge in [-0.1, -0.05) is 13.8 Å². The summed E-state index contributed by atoms with van der Waals surface area (Å²) in [5, 5.41) is 5.33. The number of carbonyl (C=O) groups excluding carboxylic acids is 1. The maximum Gasteiger partial charge on any atom is 0.267 e. The third-order valence-corrected chi connectivity index (χ3v) is 5.60. The number of sulfonamides is 1. The standard InChI is InChI=1S/C14H19N3O3S3/c1-9(2)11-8-21-14(16-11)17-13(18)12-5-4-10(22-12)6-7-15-23(3,19)20/h4-5,8-9,15H,6-7H2,1-3H3,(H,16,17,18). The fourth-order valence-corrected chi connectivity index (χ4v) is 4.00. The second-order valence-corrected chi connectivity index (χ2v) is 9.23. The molecule has 2 heterocycles. The minimum absolute atomic E-state index is 0.193. The van der Waals surface area contributed by atoms with E-state index in [2.05, 4.69) is 28.9 Å². The van der Waals surface area contributed by atoms with Crippen LogP contribution in [0.25, 0.3) is 0 Å². The van der Waals surface area contributed by atoms with Crippen LogP contribution in [0.1, 0.15) is 40.0 Å². The van der Waals surface area contributed by atoms with E-state index in [1.807, 2.05) is 11.4 Å². The lowest BCUT2D eigenvalue weighted by molar-refractivity contribution is 0.103. The first-order chi connectivity index (χ1) is 10.7. The van der Waals surface area contributed by atoms with Gasteiger partial charge in [0.15, 0.2) is 5.13 Å². The molecule has 2 N–H and O–H groups in total. The van der Waals surface area contributed by atoms with E-state index in [1.165, 1.54) is 22.7 Å². The molecule has 0 saturated carbocycles. The van der Waals surface area contributed by atoms with Crippen LogP contribution in [0, 0.1) is 0 Å². The van der Waals surface area contributed by atoms with E-state index in [-0.39, 0.29) is 5.91 Å². The predicted molar refractivity (Wildman–Crippen MR) is 95.0 cm³/mol. The van der Waals surface area contributed by atoms with E-state index in [1.54, 1.807) is 6.07 Å². The molecule has 2 aromatic heterocycles. The van der Waals surface area contributed by atoms with Gasteiger partial charge in [0.05, 0.1) is 16.8 Å². The summed E-state index contributed by atoms with van der Waals surface area (Å²) >= 11 is 2.76. The molecule has 0 saturated heterocycles. The minimum Gasteiger partial charge on any atom is -0.297 e. The Hall–Kier alpha value is -1.29. The number of nitrogens with zero attached hydrogens (tertiary/aromatic N) is 1. The van der Waals surface area contributed by atoms with Crippen LogP contribution in [0.3, 0.4) is 0 Å². The van der Waals surface area contributed by atoms with Gasteiger partial charge in [-0.3, -0.25) is 10.1 Å². The highest BCUT2D eigenvalue weighted by molar-refractivity contribution is 7.88. The van der Waals surface area contributed by atoms with Crippen molar-refractivity contribution in [1.29, 1.82) is 0 Å². The molecule has 0 aromatic carbocycles. The van der Waals surface area contributed by atoms with Gasteiger partial charge < -0.3 is 0 Å². The molecule has 2 rings (SSSR count). The van der Waals surface area contributed by atoms with Gasteiger partial charge in [-0.15, -0.1) is 22.7 Å². The van der Waals surface area contributed by atoms with E-state index in [9.17, 15) is 13.2 Å². The second-order valence-electron chi connectivity index (χ2n) is 5.37. The number of amides is 1. The number of anilines is 1. The summed E-state index contributed by atoms with van der Waals surface area (Å²) in [6, 6.07) is 3.58. The molecule has 0 bridgehead atoms. The van der Waals surface area contributed by atoms with Crippen molar-refractivity contribution in [1.82, 2.24) is 9.71 Å². The summed E-state index contributed by atoms with van der Waals surface area (Å²) in [5.74, 6) is 0.134. The highest BCUT2D eigenvalue weighted by Gasteiger charge is 2.13. The monoisotopic (exact) mass is 373 g/mol. The molecule has 126 valence electrons. The molecular formula is C14H19N3O3S3. The molecule has 0 radical (unpaired) electrons. The summed E-state index contributed by atoms with van der Waals surface area (Å²) in [6.07, 6.45) is 1.68. The molecule has 0 unspecified atom stereocenters. The van der Waals surface area contributed by atoms with E-state index in [4.69, 9.17) is 0 Å². The Morgan fingerprint density at radius 1 is 1.35 bits per heavy atom. The third-order valence-electron chi connectivity index (χ3n) is 2.96. The quantitative estimate of drug-likeness (QED) is 0.781. The first-order valence-corrected chi connectivity index (χ1v) is 10.6. The molecule has 0 spiro atoms. The van der Waals surface area contributed by atoms with Crippen molar-refractivity contribution in [2.45, 2.75) is 26.2 Å². The SMILES string of the molecule is CC(C)c1csc(NC(=O)c2ccc(CCNS(C)(=O)=O)s2)n1. The van der Waals surface area contributed by atoms with Crippen LogP contribution in [0.4, 0.5) is 5.13 Å². The van der Waals surface area contributed by atoms with Crippen molar-refractivity contribution in [2.24, 2.45) is 0 Å². The Morgan fingerprint density at radius 2 is 2.09 bits per heavy atom. The third kappa shape index (κ3) is 5.69. The van der Waals surface area contributed by atoms with Crippen molar-refractivity contribution in [3.8, 4) is 0 Å². The smallest absolute Gasteiger partial charge is 0.267 e. The normalized spacial score (nSPS) is 11.8. The Balaban J connectivity index is 1.92. The molecular weight excluding hydrogens is 354 g/mol. The highest BCUT2D eigenvalue weighted by Crippen LogP contribution is 2.23. The van der Waals surface area contributed by atoms with Crippen LogP contribution in [0.5, 0.6) is 0 Å². The number of aromatic nitrogens is 1. The van der Waals surface area contributed by atoms with Crippen LogP contribution in [-0.2, 0) is 16.4 Å². The summed E-state index contributed by atoms with van der Waals surface area (Å²) in [7, 11) is -3.18. The zero-order valence-corrected chi connectivity index (χ0v) is 15.6. The summed E-state index contributed by atoms with van der Waals surface area (Å²) in [4.78, 5) is 18.1. The average Bonchev–Trinajstić information content (AvgIpc) is 3.06. The fraction of sp³-hybridized carbons (Fsp3) is 0.429. The molecule has 1 amide bonds. The second kappa shape index (κ2) is 7.52. The number of carbonyl (C=O) groups is 1. The van der Waals surface area contributed by atoms with E-state index in [0.717, 1.165) is 16.8 Å². The number of hydrogen-bond donors (Lipinski definition) is 2. The Morgan fingerprint density at radius 3 is 2.70 bits per heavy atom. The van der Waals surface area contributed by atoms with E-state index >= 15 is 0 Å². The van der Waals surface area contributed by atoms with Crippen molar-refractivity contribution < 1.29 is 13.2 Å². The molecule has 0 atom stereocenters. The zero-order chi connectivity index (χ0) is 17.0. The Labute approximate surface area is 144 Å². The van der Waals surface area contributed by atoms with E-state index < -0.39 is 10.0 Å². The predicted octanol–water partition coefficient (Wildman–Crippen LogP) is 2.67. The largest absolute Gasteiger partial charge is 0.297 e. The molecule has 2 aromatic rings. The number of nitrogens with one attached hydrogen (secondary N) is 2. The summed E-state index contributed by atoms with van der Waals surface area (Å²) in [6.45, 7) is 4.43. The molecule has 23 heavy (non-hydrogen) atoms. The van der Waals surface area contributed by atoms with Crippen LogP contribution < -0.4 is 10.0 Å². The average molecular weight is 374 g/mol. The van der Waals surface area contributed by atoms with Gasteiger partial charge in [-0.05, 0) is 24.5 Å². The lowest BCUT2D eigenvalue weighted by Gasteiger charge is -2.00. The van der Waals surface area contributed by atoms with Gasteiger partial charge in [0.2, 0.25) is 10.0 Å². The van der Waals surface area contributed by atoms with Crippen molar-refractivity contribution in [2.75, 3.05) is 18.1 Å². The Bertz CT molecular complexity index is 778. The van der Waals surface area contributed by atoms with Gasteiger partial charge in [0, 0.05) is 16.8 Å². The molecule has 9 heteroatoms. The molecule has 0 aliphatic rings. The zero-order valence-electron chi connectivity index (χ0n) is 13.1. The van der Waals surface area contributed by atoms with Crippen molar-refractivity contribution in [3.63, 3.8) is 0 Å². The van der Waals surface area contributed by atoms with Crippen LogP contribution >= 0.6 is 22.7 Å². The van der Waals surface area contributed by atoms with Crippen molar-refractivity contribution >= 4 is 43.7 Å². The lowest BCUT2D eigenvalue weighted by Crippen LogP contribution is -2.24. The minimum atomic E-state index is -3.18. The number of thiophene rings is 1. The van der Waals surface area contributed by atoms with E-state index in [0.29, 0.717) is 28.9 Å². The maximum atomic E-state index is 12.2. The van der Waals surface area contributed by atoms with Gasteiger partial charge in [-0.2, -0.15) is 0 Å². The number of rotatable bonds is 7. The highest BCUT2D eigenvalue weighted by atomic mass is 32.2. The summed E-state index contributed by atoms with van der Waals surface area (Å²) < 4.78 is 24.5. The van der Waals surface area contributed by atoms with Crippen molar-refractivity contribution in [3.05, 3.63) is 33.0 Å². The first kappa shape index (κ1) is 18.1.